The molecule has 17 heavy (non-hydrogen) atoms. The van der Waals surface area contributed by atoms with Crippen LogP contribution in [0.5, 0.6) is 0 Å². The van der Waals surface area contributed by atoms with E-state index in [4.69, 9.17) is 5.73 Å². The lowest BCUT2D eigenvalue weighted by Crippen LogP contribution is -2.15. The van der Waals surface area contributed by atoms with Crippen molar-refractivity contribution in [2.75, 3.05) is 11.9 Å². The molecular weight excluding hydrogens is 214 g/mol. The zero-order valence-corrected chi connectivity index (χ0v) is 9.98. The average molecular weight is 233 g/mol. The lowest BCUT2D eigenvalue weighted by Gasteiger charge is -2.11. The molecule has 0 saturated heterocycles. The Balaban J connectivity index is 1.82. The molecule has 1 fully saturated rings. The SMILES string of the molecule is NC(=O)Cc1ccc(NCC2CCCC2)cn1. The van der Waals surface area contributed by atoms with E-state index in [1.165, 1.54) is 25.7 Å². The molecule has 2 rings (SSSR count). The summed E-state index contributed by atoms with van der Waals surface area (Å²) in [4.78, 5) is 14.9. The third kappa shape index (κ3) is 3.73. The van der Waals surface area contributed by atoms with Gasteiger partial charge in [0.1, 0.15) is 0 Å². The van der Waals surface area contributed by atoms with Crippen molar-refractivity contribution in [3.8, 4) is 0 Å². The van der Waals surface area contributed by atoms with Gasteiger partial charge in [0, 0.05) is 12.2 Å². The van der Waals surface area contributed by atoms with Gasteiger partial charge < -0.3 is 11.1 Å². The Bertz CT molecular complexity index is 369. The van der Waals surface area contributed by atoms with Crippen molar-refractivity contribution in [1.29, 1.82) is 0 Å². The number of carbonyl (C=O) groups is 1. The maximum atomic E-state index is 10.7. The summed E-state index contributed by atoms with van der Waals surface area (Å²) < 4.78 is 0. The summed E-state index contributed by atoms with van der Waals surface area (Å²) in [5, 5.41) is 3.39. The molecule has 0 unspecified atom stereocenters. The Morgan fingerprint density at radius 3 is 2.76 bits per heavy atom. The van der Waals surface area contributed by atoms with Crippen molar-refractivity contribution in [1.82, 2.24) is 4.98 Å². The molecule has 0 bridgehead atoms. The number of aromatic nitrogens is 1. The summed E-state index contributed by atoms with van der Waals surface area (Å²) in [5.74, 6) is 0.462. The van der Waals surface area contributed by atoms with Gasteiger partial charge in [-0.2, -0.15) is 0 Å². The van der Waals surface area contributed by atoms with Crippen LogP contribution >= 0.6 is 0 Å². The third-order valence-corrected chi connectivity index (χ3v) is 3.25. The van der Waals surface area contributed by atoms with Crippen LogP contribution in [-0.4, -0.2) is 17.4 Å². The predicted molar refractivity (Wildman–Crippen MR) is 67.6 cm³/mol. The maximum Gasteiger partial charge on any atom is 0.223 e. The monoisotopic (exact) mass is 233 g/mol. The number of nitrogens with two attached hydrogens (primary N) is 1. The number of primary amides is 1. The molecule has 1 aromatic rings. The Morgan fingerprint density at radius 1 is 1.41 bits per heavy atom. The first-order chi connectivity index (χ1) is 8.24. The first-order valence-electron chi connectivity index (χ1n) is 6.21. The number of hydrogen-bond donors (Lipinski definition) is 2. The lowest BCUT2D eigenvalue weighted by atomic mass is 10.1. The summed E-state index contributed by atoms with van der Waals surface area (Å²) in [6.45, 7) is 1.02. The van der Waals surface area contributed by atoms with Crippen molar-refractivity contribution >= 4 is 11.6 Å². The second kappa shape index (κ2) is 5.66. The molecule has 1 amide bonds. The van der Waals surface area contributed by atoms with E-state index in [1.807, 2.05) is 12.1 Å². The van der Waals surface area contributed by atoms with Crippen molar-refractivity contribution < 1.29 is 4.79 Å². The van der Waals surface area contributed by atoms with Gasteiger partial charge in [-0.25, -0.2) is 0 Å². The van der Waals surface area contributed by atoms with Gasteiger partial charge in [0.25, 0.3) is 0 Å². The van der Waals surface area contributed by atoms with E-state index in [1.54, 1.807) is 6.20 Å². The minimum atomic E-state index is -0.343. The van der Waals surface area contributed by atoms with E-state index in [0.29, 0.717) is 0 Å². The first-order valence-corrected chi connectivity index (χ1v) is 6.21. The number of hydrogen-bond acceptors (Lipinski definition) is 3. The number of amides is 1. The number of anilines is 1. The van der Waals surface area contributed by atoms with Gasteiger partial charge >= 0.3 is 0 Å². The van der Waals surface area contributed by atoms with Gasteiger partial charge in [-0.05, 0) is 30.9 Å². The highest BCUT2D eigenvalue weighted by atomic mass is 16.1. The minimum absolute atomic E-state index is 0.211. The van der Waals surface area contributed by atoms with Crippen LogP contribution in [0.3, 0.4) is 0 Å². The second-order valence-corrected chi connectivity index (χ2v) is 4.71. The Kier molecular flexibility index (Phi) is 3.96. The smallest absolute Gasteiger partial charge is 0.223 e. The molecular formula is C13H19N3O. The van der Waals surface area contributed by atoms with E-state index < -0.39 is 0 Å². The average Bonchev–Trinajstić information content (AvgIpc) is 2.80. The van der Waals surface area contributed by atoms with Crippen LogP contribution in [0.15, 0.2) is 18.3 Å². The Morgan fingerprint density at radius 2 is 2.18 bits per heavy atom. The fraction of sp³-hybridized carbons (Fsp3) is 0.538. The van der Waals surface area contributed by atoms with E-state index in [2.05, 4.69) is 10.3 Å². The van der Waals surface area contributed by atoms with Gasteiger partial charge in [-0.1, -0.05) is 12.8 Å². The maximum absolute atomic E-state index is 10.7. The summed E-state index contributed by atoms with van der Waals surface area (Å²) in [5.41, 5.74) is 6.85. The van der Waals surface area contributed by atoms with Gasteiger partial charge in [0.15, 0.2) is 0 Å². The fourth-order valence-corrected chi connectivity index (χ4v) is 2.29. The molecule has 0 atom stereocenters. The molecule has 4 nitrogen and oxygen atoms in total. The van der Waals surface area contributed by atoms with Crippen LogP contribution in [0.4, 0.5) is 5.69 Å². The fourth-order valence-electron chi connectivity index (χ4n) is 2.29. The van der Waals surface area contributed by atoms with E-state index in [9.17, 15) is 4.79 Å². The molecule has 0 radical (unpaired) electrons. The highest BCUT2D eigenvalue weighted by Gasteiger charge is 2.14. The number of pyridine rings is 1. The van der Waals surface area contributed by atoms with Crippen molar-refractivity contribution in [2.24, 2.45) is 11.7 Å². The first kappa shape index (κ1) is 11.9. The Labute approximate surface area is 102 Å². The lowest BCUT2D eigenvalue weighted by molar-refractivity contribution is -0.117. The van der Waals surface area contributed by atoms with Gasteiger partial charge in [0.05, 0.1) is 18.3 Å². The van der Waals surface area contributed by atoms with E-state index in [0.717, 1.165) is 23.8 Å². The predicted octanol–water partition coefficient (Wildman–Crippen LogP) is 1.71. The number of rotatable bonds is 5. The molecule has 92 valence electrons. The third-order valence-electron chi connectivity index (χ3n) is 3.25. The normalized spacial score (nSPS) is 16.0. The molecule has 3 N–H and O–H groups in total. The minimum Gasteiger partial charge on any atom is -0.384 e. The zero-order chi connectivity index (χ0) is 12.1. The number of nitrogens with zero attached hydrogens (tertiary/aromatic N) is 1. The van der Waals surface area contributed by atoms with Crippen LogP contribution in [0.25, 0.3) is 0 Å². The highest BCUT2D eigenvalue weighted by molar-refractivity contribution is 5.76. The molecule has 0 aliphatic heterocycles. The topological polar surface area (TPSA) is 68.0 Å². The van der Waals surface area contributed by atoms with Gasteiger partial charge in [0.2, 0.25) is 5.91 Å². The highest BCUT2D eigenvalue weighted by Crippen LogP contribution is 2.24. The van der Waals surface area contributed by atoms with Crippen LogP contribution < -0.4 is 11.1 Å². The molecule has 0 spiro atoms. The summed E-state index contributed by atoms with van der Waals surface area (Å²) in [6.07, 6.45) is 7.38. The number of carbonyl (C=O) groups excluding carboxylic acids is 1. The van der Waals surface area contributed by atoms with E-state index >= 15 is 0 Å². The van der Waals surface area contributed by atoms with Crippen molar-refractivity contribution in [2.45, 2.75) is 32.1 Å². The van der Waals surface area contributed by atoms with E-state index in [-0.39, 0.29) is 12.3 Å². The van der Waals surface area contributed by atoms with Crippen LogP contribution in [0.1, 0.15) is 31.4 Å². The molecule has 4 heteroatoms. The van der Waals surface area contributed by atoms with Gasteiger partial charge in [-0.15, -0.1) is 0 Å². The van der Waals surface area contributed by atoms with Crippen molar-refractivity contribution in [3.63, 3.8) is 0 Å². The zero-order valence-electron chi connectivity index (χ0n) is 9.98. The molecule has 0 aromatic carbocycles. The molecule has 1 aliphatic rings. The molecule has 1 aromatic heterocycles. The van der Waals surface area contributed by atoms with Crippen LogP contribution in [0, 0.1) is 5.92 Å². The summed E-state index contributed by atoms with van der Waals surface area (Å²) in [7, 11) is 0. The number of nitrogens with one attached hydrogen (secondary N) is 1. The standard InChI is InChI=1S/C13H19N3O/c14-13(17)7-11-5-6-12(9-16-11)15-8-10-3-1-2-4-10/h5-6,9-10,15H,1-4,7-8H2,(H2,14,17). The summed E-state index contributed by atoms with van der Waals surface area (Å²) >= 11 is 0. The molecule has 1 saturated carbocycles. The summed E-state index contributed by atoms with van der Waals surface area (Å²) in [6, 6.07) is 3.81. The van der Waals surface area contributed by atoms with Crippen molar-refractivity contribution in [3.05, 3.63) is 24.0 Å². The van der Waals surface area contributed by atoms with Crippen LogP contribution in [0.2, 0.25) is 0 Å². The van der Waals surface area contributed by atoms with Crippen LogP contribution in [-0.2, 0) is 11.2 Å². The quantitative estimate of drug-likeness (QED) is 0.813. The molecule has 1 aliphatic carbocycles. The largest absolute Gasteiger partial charge is 0.384 e. The Hall–Kier alpha value is -1.58. The second-order valence-electron chi connectivity index (χ2n) is 4.71. The van der Waals surface area contributed by atoms with Gasteiger partial charge in [-0.3, -0.25) is 9.78 Å². The molecule has 1 heterocycles.